The molecule has 2 N–H and O–H groups in total. The van der Waals surface area contributed by atoms with E-state index in [9.17, 15) is 8.78 Å². The number of benzene rings is 1. The number of alkyl halides is 2. The predicted molar refractivity (Wildman–Crippen MR) is 72.7 cm³/mol. The molecule has 4 heteroatoms. The average Bonchev–Trinajstić information content (AvgIpc) is 2.62. The molecule has 0 bridgehead atoms. The Morgan fingerprint density at radius 2 is 2.22 bits per heavy atom. The first kappa shape index (κ1) is 13.9. The second kappa shape index (κ2) is 5.25. The Bertz CT molecular complexity index is 434. The maximum Gasteiger partial charge on any atom is 0.248 e. The van der Waals surface area contributed by atoms with Gasteiger partial charge in [0, 0.05) is 23.4 Å². The Morgan fingerprint density at radius 1 is 1.50 bits per heavy atom. The molecule has 1 aromatic carbocycles. The summed E-state index contributed by atoms with van der Waals surface area (Å²) in [5, 5.41) is 0. The van der Waals surface area contributed by atoms with Crippen LogP contribution in [0, 0.1) is 12.8 Å². The third kappa shape index (κ3) is 3.09. The minimum atomic E-state index is -2.48. The highest BCUT2D eigenvalue weighted by Gasteiger charge is 2.39. The van der Waals surface area contributed by atoms with Crippen LogP contribution in [0.4, 0.5) is 8.78 Å². The molecule has 0 radical (unpaired) electrons. The molecule has 2 unspecified atom stereocenters. The molecule has 1 aliphatic rings. The maximum atomic E-state index is 13.1. The van der Waals surface area contributed by atoms with Gasteiger partial charge in [-0.15, -0.1) is 0 Å². The molecule has 18 heavy (non-hydrogen) atoms. The van der Waals surface area contributed by atoms with E-state index in [0.717, 1.165) is 15.6 Å². The zero-order chi connectivity index (χ0) is 13.3. The number of rotatable bonds is 3. The highest BCUT2D eigenvalue weighted by molar-refractivity contribution is 9.10. The van der Waals surface area contributed by atoms with Gasteiger partial charge in [0.25, 0.3) is 0 Å². The molecule has 100 valence electrons. The van der Waals surface area contributed by atoms with Crippen molar-refractivity contribution in [3.8, 4) is 0 Å². The summed E-state index contributed by atoms with van der Waals surface area (Å²) in [7, 11) is 0. The molecule has 1 aromatic rings. The van der Waals surface area contributed by atoms with Crippen LogP contribution in [-0.4, -0.2) is 5.92 Å². The van der Waals surface area contributed by atoms with Gasteiger partial charge >= 0.3 is 0 Å². The van der Waals surface area contributed by atoms with E-state index in [2.05, 4.69) is 15.9 Å². The van der Waals surface area contributed by atoms with Crippen molar-refractivity contribution < 1.29 is 8.78 Å². The summed E-state index contributed by atoms with van der Waals surface area (Å²) in [4.78, 5) is 0. The van der Waals surface area contributed by atoms with Crippen molar-refractivity contribution in [2.45, 2.75) is 44.6 Å². The number of halogens is 3. The molecule has 2 rings (SSSR count). The van der Waals surface area contributed by atoms with E-state index in [4.69, 9.17) is 5.73 Å². The summed E-state index contributed by atoms with van der Waals surface area (Å²) in [5.41, 5.74) is 8.30. The van der Waals surface area contributed by atoms with E-state index in [1.165, 1.54) is 0 Å². The summed E-state index contributed by atoms with van der Waals surface area (Å²) in [6.07, 6.45) is 1.23. The lowest BCUT2D eigenvalue weighted by Gasteiger charge is -2.19. The van der Waals surface area contributed by atoms with Gasteiger partial charge in [-0.25, -0.2) is 8.78 Å². The van der Waals surface area contributed by atoms with Gasteiger partial charge in [0.2, 0.25) is 5.92 Å². The fraction of sp³-hybridized carbons (Fsp3) is 0.571. The lowest BCUT2D eigenvalue weighted by Crippen LogP contribution is -2.16. The van der Waals surface area contributed by atoms with Gasteiger partial charge in [0.15, 0.2) is 0 Å². The van der Waals surface area contributed by atoms with Gasteiger partial charge < -0.3 is 5.73 Å². The van der Waals surface area contributed by atoms with E-state index >= 15 is 0 Å². The van der Waals surface area contributed by atoms with E-state index in [-0.39, 0.29) is 24.8 Å². The van der Waals surface area contributed by atoms with Crippen molar-refractivity contribution in [2.75, 3.05) is 0 Å². The van der Waals surface area contributed by atoms with Gasteiger partial charge in [-0.3, -0.25) is 0 Å². The largest absolute Gasteiger partial charge is 0.324 e. The Morgan fingerprint density at radius 3 is 2.83 bits per heavy atom. The molecule has 1 nitrogen and oxygen atoms in total. The summed E-state index contributed by atoms with van der Waals surface area (Å²) in [6.45, 7) is 2.00. The smallest absolute Gasteiger partial charge is 0.248 e. The van der Waals surface area contributed by atoms with Crippen LogP contribution in [0.1, 0.15) is 42.9 Å². The van der Waals surface area contributed by atoms with Crippen molar-refractivity contribution in [1.82, 2.24) is 0 Å². The number of hydrogen-bond acceptors (Lipinski definition) is 1. The van der Waals surface area contributed by atoms with Gasteiger partial charge in [-0.1, -0.05) is 34.1 Å². The van der Waals surface area contributed by atoms with Crippen LogP contribution in [-0.2, 0) is 0 Å². The van der Waals surface area contributed by atoms with E-state index in [1.807, 2.05) is 25.1 Å². The minimum Gasteiger partial charge on any atom is -0.324 e. The molecule has 1 saturated carbocycles. The molecule has 0 spiro atoms. The highest BCUT2D eigenvalue weighted by atomic mass is 79.9. The van der Waals surface area contributed by atoms with Gasteiger partial charge in [0.05, 0.1) is 0 Å². The predicted octanol–water partition coefficient (Wildman–Crippen LogP) is 4.58. The topological polar surface area (TPSA) is 26.0 Å². The molecule has 0 saturated heterocycles. The van der Waals surface area contributed by atoms with Crippen LogP contribution < -0.4 is 5.73 Å². The van der Waals surface area contributed by atoms with Crippen LogP contribution in [0.2, 0.25) is 0 Å². The maximum absolute atomic E-state index is 13.1. The van der Waals surface area contributed by atoms with Crippen LogP contribution in [0.15, 0.2) is 22.7 Å². The number of nitrogens with two attached hydrogens (primary N) is 1. The molecular weight excluding hydrogens is 300 g/mol. The van der Waals surface area contributed by atoms with Crippen molar-refractivity contribution in [2.24, 2.45) is 11.7 Å². The zero-order valence-electron chi connectivity index (χ0n) is 10.4. The molecule has 1 aliphatic carbocycles. The SMILES string of the molecule is Cc1cccc(C(N)CC2CCC(F)(F)C2)c1Br. The minimum absolute atomic E-state index is 0.00979. The van der Waals surface area contributed by atoms with Crippen molar-refractivity contribution in [1.29, 1.82) is 0 Å². The summed E-state index contributed by atoms with van der Waals surface area (Å²) >= 11 is 3.52. The third-order valence-corrected chi connectivity index (χ3v) is 4.80. The van der Waals surface area contributed by atoms with Crippen LogP contribution in [0.3, 0.4) is 0 Å². The highest BCUT2D eigenvalue weighted by Crippen LogP contribution is 2.42. The molecule has 2 atom stereocenters. The molecule has 0 amide bonds. The first-order valence-corrected chi connectivity index (χ1v) is 7.07. The Kier molecular flexibility index (Phi) is 4.07. The quantitative estimate of drug-likeness (QED) is 0.867. The lowest BCUT2D eigenvalue weighted by atomic mass is 9.93. The van der Waals surface area contributed by atoms with Crippen molar-refractivity contribution >= 4 is 15.9 Å². The molecule has 0 aliphatic heterocycles. The lowest BCUT2D eigenvalue weighted by molar-refractivity contribution is 0.00446. The van der Waals surface area contributed by atoms with Gasteiger partial charge in [-0.05, 0) is 36.8 Å². The van der Waals surface area contributed by atoms with Crippen molar-refractivity contribution in [3.05, 3.63) is 33.8 Å². The summed E-state index contributed by atoms with van der Waals surface area (Å²) < 4.78 is 27.3. The molecule has 1 fully saturated rings. The number of aryl methyl sites for hydroxylation is 1. The van der Waals surface area contributed by atoms with Crippen LogP contribution in [0.25, 0.3) is 0 Å². The molecular formula is C14H18BrF2N. The van der Waals surface area contributed by atoms with Gasteiger partial charge in [0.1, 0.15) is 0 Å². The molecule has 0 aromatic heterocycles. The normalized spacial score (nSPS) is 24.2. The number of hydrogen-bond donors (Lipinski definition) is 1. The average molecular weight is 318 g/mol. The first-order chi connectivity index (χ1) is 8.39. The summed E-state index contributed by atoms with van der Waals surface area (Å²) in [6, 6.07) is 5.76. The monoisotopic (exact) mass is 317 g/mol. The zero-order valence-corrected chi connectivity index (χ0v) is 12.0. The first-order valence-electron chi connectivity index (χ1n) is 6.27. The fourth-order valence-electron chi connectivity index (χ4n) is 2.69. The fourth-order valence-corrected chi connectivity index (χ4v) is 3.24. The Labute approximate surface area is 115 Å². The summed E-state index contributed by atoms with van der Waals surface area (Å²) in [5.74, 6) is -2.43. The van der Waals surface area contributed by atoms with E-state index in [1.54, 1.807) is 0 Å². The van der Waals surface area contributed by atoms with Crippen molar-refractivity contribution in [3.63, 3.8) is 0 Å². The standard InChI is InChI=1S/C14H18BrF2N/c1-9-3-2-4-11(13(9)15)12(18)7-10-5-6-14(16,17)8-10/h2-4,10,12H,5-8,18H2,1H3. The second-order valence-electron chi connectivity index (χ2n) is 5.29. The Hall–Kier alpha value is -0.480. The van der Waals surface area contributed by atoms with Gasteiger partial charge in [-0.2, -0.15) is 0 Å². The van der Waals surface area contributed by atoms with Crippen LogP contribution in [0.5, 0.6) is 0 Å². The van der Waals surface area contributed by atoms with E-state index in [0.29, 0.717) is 12.8 Å². The van der Waals surface area contributed by atoms with Crippen LogP contribution >= 0.6 is 15.9 Å². The second-order valence-corrected chi connectivity index (χ2v) is 6.08. The Balaban J connectivity index is 2.04. The third-order valence-electron chi connectivity index (χ3n) is 3.71. The van der Waals surface area contributed by atoms with E-state index < -0.39 is 5.92 Å². The molecule has 0 heterocycles.